The van der Waals surface area contributed by atoms with E-state index in [9.17, 15) is 9.59 Å². The third-order valence-corrected chi connectivity index (χ3v) is 6.61. The zero-order valence-corrected chi connectivity index (χ0v) is 20.3. The van der Waals surface area contributed by atoms with Crippen LogP contribution >= 0.6 is 0 Å². The highest BCUT2D eigenvalue weighted by atomic mass is 16.5. The lowest BCUT2D eigenvalue weighted by Crippen LogP contribution is -2.35. The van der Waals surface area contributed by atoms with Gasteiger partial charge in [0, 0.05) is 45.0 Å². The number of hydrogen-bond acceptors (Lipinski definition) is 4. The second-order valence-corrected chi connectivity index (χ2v) is 8.96. The summed E-state index contributed by atoms with van der Waals surface area (Å²) in [6, 6.07) is 15.7. The molecule has 0 aromatic heterocycles. The van der Waals surface area contributed by atoms with Crippen LogP contribution in [0.3, 0.4) is 0 Å². The first kappa shape index (κ1) is 24.6. The molecule has 1 saturated carbocycles. The lowest BCUT2D eigenvalue weighted by Gasteiger charge is -2.26. The molecule has 2 aromatic carbocycles. The van der Waals surface area contributed by atoms with Crippen LogP contribution < -0.4 is 15.0 Å². The molecule has 1 fully saturated rings. The average Bonchev–Trinajstić information content (AvgIpc) is 2.79. The van der Waals surface area contributed by atoms with Crippen molar-refractivity contribution in [3.05, 3.63) is 54.1 Å². The fraction of sp³-hybridized carbons (Fsp3) is 0.481. The number of nitrogens with zero attached hydrogens (tertiary/aromatic N) is 2. The van der Waals surface area contributed by atoms with Crippen molar-refractivity contribution < 1.29 is 14.3 Å². The molecule has 0 saturated heterocycles. The van der Waals surface area contributed by atoms with Crippen molar-refractivity contribution in [1.82, 2.24) is 4.90 Å². The Morgan fingerprint density at radius 3 is 2.27 bits per heavy atom. The van der Waals surface area contributed by atoms with Crippen LogP contribution in [-0.2, 0) is 9.59 Å². The molecule has 0 spiro atoms. The molecule has 3 rings (SSSR count). The number of likely N-dealkylation sites (N-methyl/N-ethyl adjacent to an activating group) is 2. The van der Waals surface area contributed by atoms with Crippen molar-refractivity contribution in [1.29, 1.82) is 0 Å². The fourth-order valence-corrected chi connectivity index (χ4v) is 3.78. The molecular formula is C27H37N3O3. The van der Waals surface area contributed by atoms with Crippen molar-refractivity contribution in [2.75, 3.05) is 43.5 Å². The molecule has 1 N–H and O–H groups in total. The summed E-state index contributed by atoms with van der Waals surface area (Å²) in [5.41, 5.74) is 2.80. The number of benzene rings is 2. The van der Waals surface area contributed by atoms with Crippen LogP contribution in [0.5, 0.6) is 5.75 Å². The van der Waals surface area contributed by atoms with E-state index in [1.54, 1.807) is 11.8 Å². The Morgan fingerprint density at radius 1 is 1.06 bits per heavy atom. The summed E-state index contributed by atoms with van der Waals surface area (Å²) in [5, 5.41) is 3.02. The van der Waals surface area contributed by atoms with Gasteiger partial charge in [-0.15, -0.1) is 0 Å². The minimum atomic E-state index is -0.264. The quantitative estimate of drug-likeness (QED) is 0.527. The van der Waals surface area contributed by atoms with Crippen molar-refractivity contribution >= 4 is 23.2 Å². The van der Waals surface area contributed by atoms with Gasteiger partial charge in [0.2, 0.25) is 11.8 Å². The highest BCUT2D eigenvalue weighted by molar-refractivity contribution is 5.95. The number of ether oxygens (including phenoxy) is 1. The van der Waals surface area contributed by atoms with Gasteiger partial charge in [0.15, 0.2) is 0 Å². The summed E-state index contributed by atoms with van der Waals surface area (Å²) in [4.78, 5) is 28.1. The van der Waals surface area contributed by atoms with Gasteiger partial charge in [-0.25, -0.2) is 0 Å². The molecule has 178 valence electrons. The Labute approximate surface area is 197 Å². The van der Waals surface area contributed by atoms with Gasteiger partial charge in [-0.05, 0) is 74.6 Å². The minimum absolute atomic E-state index is 0.0404. The molecule has 6 heteroatoms. The number of amides is 2. The topological polar surface area (TPSA) is 61.9 Å². The van der Waals surface area contributed by atoms with Gasteiger partial charge >= 0.3 is 0 Å². The van der Waals surface area contributed by atoms with E-state index in [1.165, 1.54) is 19.3 Å². The first-order valence-electron chi connectivity index (χ1n) is 12.0. The molecule has 1 aliphatic rings. The van der Waals surface area contributed by atoms with E-state index >= 15 is 0 Å². The first-order chi connectivity index (χ1) is 15.9. The Kier molecular flexibility index (Phi) is 8.75. The molecule has 33 heavy (non-hydrogen) atoms. The normalized spacial score (nSPS) is 14.2. The molecule has 2 aromatic rings. The van der Waals surface area contributed by atoms with E-state index in [2.05, 4.69) is 17.1 Å². The summed E-state index contributed by atoms with van der Waals surface area (Å²) in [6.45, 7) is 8.64. The van der Waals surface area contributed by atoms with Crippen molar-refractivity contribution in [3.8, 4) is 5.75 Å². The second kappa shape index (κ2) is 11.7. The van der Waals surface area contributed by atoms with Gasteiger partial charge in [-0.1, -0.05) is 18.6 Å². The van der Waals surface area contributed by atoms with Gasteiger partial charge in [-0.3, -0.25) is 9.59 Å². The maximum atomic E-state index is 12.8. The van der Waals surface area contributed by atoms with E-state index in [4.69, 9.17) is 4.74 Å². The SMILES string of the molecule is CCN(CCN(C)C(C)=O)c1ccc(NC(=O)C(C)c2ccc(OCC3CCC3)cc2)cc1. The molecular weight excluding hydrogens is 414 g/mol. The predicted octanol–water partition coefficient (Wildman–Crippen LogP) is 4.91. The predicted molar refractivity (Wildman–Crippen MR) is 134 cm³/mol. The van der Waals surface area contributed by atoms with Crippen LogP contribution in [0.1, 0.15) is 51.5 Å². The molecule has 0 radical (unpaired) electrons. The van der Waals surface area contributed by atoms with Crippen molar-refractivity contribution in [2.45, 2.75) is 46.0 Å². The van der Waals surface area contributed by atoms with Crippen LogP contribution in [-0.4, -0.2) is 50.0 Å². The van der Waals surface area contributed by atoms with Crippen molar-refractivity contribution in [3.63, 3.8) is 0 Å². The van der Waals surface area contributed by atoms with E-state index in [0.29, 0.717) is 12.5 Å². The van der Waals surface area contributed by atoms with Crippen molar-refractivity contribution in [2.24, 2.45) is 5.92 Å². The molecule has 2 amide bonds. The standard InChI is InChI=1S/C27H37N3O3/c1-5-30(18-17-29(4)21(3)31)25-13-11-24(12-14-25)28-27(32)20(2)23-9-15-26(16-10-23)33-19-22-7-6-8-22/h9-16,20,22H,5-8,17-19H2,1-4H3,(H,28,32). The van der Waals surface area contributed by atoms with Crippen LogP contribution in [0.15, 0.2) is 48.5 Å². The fourth-order valence-electron chi connectivity index (χ4n) is 3.78. The Morgan fingerprint density at radius 2 is 1.73 bits per heavy atom. The highest BCUT2D eigenvalue weighted by Crippen LogP contribution is 2.28. The van der Waals surface area contributed by atoms with Crippen LogP contribution in [0, 0.1) is 5.92 Å². The van der Waals surface area contributed by atoms with E-state index in [1.807, 2.05) is 62.5 Å². The third kappa shape index (κ3) is 6.98. The summed E-state index contributed by atoms with van der Waals surface area (Å²) < 4.78 is 5.86. The Hall–Kier alpha value is -3.02. The molecule has 0 heterocycles. The number of anilines is 2. The Bertz CT molecular complexity index is 907. The Balaban J connectivity index is 1.52. The number of rotatable bonds is 11. The molecule has 6 nitrogen and oxygen atoms in total. The highest BCUT2D eigenvalue weighted by Gasteiger charge is 2.19. The number of carbonyl (C=O) groups is 2. The molecule has 1 unspecified atom stereocenters. The summed E-state index contributed by atoms with van der Waals surface area (Å²) in [7, 11) is 1.81. The zero-order chi connectivity index (χ0) is 23.8. The van der Waals surface area contributed by atoms with Gasteiger partial charge in [0.1, 0.15) is 5.75 Å². The van der Waals surface area contributed by atoms with E-state index < -0.39 is 0 Å². The summed E-state index contributed by atoms with van der Waals surface area (Å²) in [6.07, 6.45) is 3.85. The van der Waals surface area contributed by atoms with E-state index in [0.717, 1.165) is 42.4 Å². The number of hydrogen-bond donors (Lipinski definition) is 1. The van der Waals surface area contributed by atoms with Gasteiger partial charge in [0.05, 0.1) is 12.5 Å². The minimum Gasteiger partial charge on any atom is -0.493 e. The maximum absolute atomic E-state index is 12.8. The summed E-state index contributed by atoms with van der Waals surface area (Å²) in [5.74, 6) is 1.32. The van der Waals surface area contributed by atoms with Gasteiger partial charge in [-0.2, -0.15) is 0 Å². The third-order valence-electron chi connectivity index (χ3n) is 6.61. The van der Waals surface area contributed by atoms with Gasteiger partial charge in [0.25, 0.3) is 0 Å². The largest absolute Gasteiger partial charge is 0.493 e. The molecule has 1 aliphatic carbocycles. The molecule has 0 aliphatic heterocycles. The molecule has 1 atom stereocenters. The lowest BCUT2D eigenvalue weighted by molar-refractivity contribution is -0.127. The second-order valence-electron chi connectivity index (χ2n) is 8.96. The monoisotopic (exact) mass is 451 g/mol. The average molecular weight is 452 g/mol. The lowest BCUT2D eigenvalue weighted by atomic mass is 9.86. The molecule has 0 bridgehead atoms. The van der Waals surface area contributed by atoms with Crippen LogP contribution in [0.4, 0.5) is 11.4 Å². The smallest absolute Gasteiger partial charge is 0.231 e. The zero-order valence-electron chi connectivity index (χ0n) is 20.3. The van der Waals surface area contributed by atoms with Crippen LogP contribution in [0.25, 0.3) is 0 Å². The first-order valence-corrected chi connectivity index (χ1v) is 12.0. The van der Waals surface area contributed by atoms with Gasteiger partial charge < -0.3 is 19.9 Å². The number of nitrogens with one attached hydrogen (secondary N) is 1. The number of carbonyl (C=O) groups excluding carboxylic acids is 2. The summed E-state index contributed by atoms with van der Waals surface area (Å²) >= 11 is 0. The van der Waals surface area contributed by atoms with Crippen LogP contribution in [0.2, 0.25) is 0 Å². The van der Waals surface area contributed by atoms with E-state index in [-0.39, 0.29) is 17.7 Å². The maximum Gasteiger partial charge on any atom is 0.231 e.